The maximum absolute atomic E-state index is 5.96. The molecule has 0 unspecified atom stereocenters. The minimum atomic E-state index is 0.308. The maximum Gasteiger partial charge on any atom is 0.222 e. The summed E-state index contributed by atoms with van der Waals surface area (Å²) in [4.78, 5) is 0. The normalized spacial score (nSPS) is 16.6. The zero-order valence-corrected chi connectivity index (χ0v) is 13.0. The van der Waals surface area contributed by atoms with Crippen molar-refractivity contribution in [3.05, 3.63) is 21.7 Å². The molecular formula is C15H15BrN2O3. The Balaban J connectivity index is 2.03. The summed E-state index contributed by atoms with van der Waals surface area (Å²) >= 11 is 3.69. The van der Waals surface area contributed by atoms with E-state index >= 15 is 0 Å². The second-order valence-corrected chi connectivity index (χ2v) is 6.12. The first-order valence-corrected chi connectivity index (χ1v) is 7.90. The van der Waals surface area contributed by atoms with E-state index in [4.69, 9.17) is 19.7 Å². The van der Waals surface area contributed by atoms with Crippen LogP contribution in [-0.4, -0.2) is 18.4 Å². The Labute approximate surface area is 130 Å². The van der Waals surface area contributed by atoms with Gasteiger partial charge in [-0.3, -0.25) is 0 Å². The molecule has 0 bridgehead atoms. The minimum Gasteiger partial charge on any atom is -0.493 e. The van der Waals surface area contributed by atoms with Gasteiger partial charge in [-0.15, -0.1) is 0 Å². The Hall–Kier alpha value is -1.69. The van der Waals surface area contributed by atoms with E-state index in [2.05, 4.69) is 21.1 Å². The van der Waals surface area contributed by atoms with E-state index in [9.17, 15) is 0 Å². The highest BCUT2D eigenvalue weighted by Gasteiger charge is 2.30. The van der Waals surface area contributed by atoms with Gasteiger partial charge < -0.3 is 19.7 Å². The summed E-state index contributed by atoms with van der Waals surface area (Å²) in [6.45, 7) is 1.46. The van der Waals surface area contributed by atoms with Crippen molar-refractivity contribution in [2.45, 2.75) is 25.7 Å². The molecule has 0 saturated heterocycles. The average molecular weight is 351 g/mol. The van der Waals surface area contributed by atoms with E-state index < -0.39 is 0 Å². The van der Waals surface area contributed by atoms with Crippen molar-refractivity contribution >= 4 is 21.8 Å². The summed E-state index contributed by atoms with van der Waals surface area (Å²) in [6.07, 6.45) is 3.89. The molecule has 0 spiro atoms. The molecule has 0 saturated carbocycles. The van der Waals surface area contributed by atoms with Gasteiger partial charge in [0.15, 0.2) is 0 Å². The van der Waals surface area contributed by atoms with Crippen LogP contribution in [0.25, 0.3) is 11.3 Å². The molecule has 0 amide bonds. The molecule has 21 heavy (non-hydrogen) atoms. The molecule has 2 aromatic rings. The van der Waals surface area contributed by atoms with Crippen molar-refractivity contribution in [2.75, 3.05) is 18.9 Å². The Kier molecular flexibility index (Phi) is 3.06. The van der Waals surface area contributed by atoms with E-state index in [1.165, 1.54) is 0 Å². The standard InChI is InChI=1S/C15H15BrN2O3/c16-13-9-4-2-5-19-14(9)12(10-7-11(17)21-18-10)8-3-1-6-20-15(8)13/h7H,1-6,17H2. The largest absolute Gasteiger partial charge is 0.493 e. The fourth-order valence-electron chi connectivity index (χ4n) is 3.07. The first kappa shape index (κ1) is 13.0. The molecule has 2 N–H and O–H groups in total. The molecule has 6 heteroatoms. The van der Waals surface area contributed by atoms with Crippen LogP contribution in [0.4, 0.5) is 5.88 Å². The number of anilines is 1. The lowest BCUT2D eigenvalue weighted by Gasteiger charge is -2.28. The number of hydrogen-bond acceptors (Lipinski definition) is 5. The van der Waals surface area contributed by atoms with Crippen molar-refractivity contribution in [2.24, 2.45) is 0 Å². The molecular weight excluding hydrogens is 336 g/mol. The number of halogens is 1. The average Bonchev–Trinajstić information content (AvgIpc) is 2.94. The first-order chi connectivity index (χ1) is 10.3. The Morgan fingerprint density at radius 3 is 2.48 bits per heavy atom. The third kappa shape index (κ3) is 2.00. The maximum atomic E-state index is 5.96. The van der Waals surface area contributed by atoms with Gasteiger partial charge in [-0.1, -0.05) is 5.16 Å². The number of ether oxygens (including phenoxy) is 2. The SMILES string of the molecule is Nc1cc(-c2c3c(c(Br)c4c2OCCC4)OCCC3)no1. The highest BCUT2D eigenvalue weighted by Crippen LogP contribution is 2.50. The minimum absolute atomic E-state index is 0.308. The lowest BCUT2D eigenvalue weighted by molar-refractivity contribution is 0.272. The van der Waals surface area contributed by atoms with Crippen molar-refractivity contribution < 1.29 is 14.0 Å². The summed E-state index contributed by atoms with van der Waals surface area (Å²) in [5.41, 5.74) is 9.66. The number of aromatic nitrogens is 1. The predicted octanol–water partition coefficient (Wildman–Crippen LogP) is 3.34. The summed E-state index contributed by atoms with van der Waals surface area (Å²) in [5, 5.41) is 4.08. The van der Waals surface area contributed by atoms with E-state index in [1.54, 1.807) is 6.07 Å². The fourth-order valence-corrected chi connectivity index (χ4v) is 3.80. The van der Waals surface area contributed by atoms with E-state index in [0.29, 0.717) is 5.88 Å². The van der Waals surface area contributed by atoms with Crippen LogP contribution in [0.3, 0.4) is 0 Å². The molecule has 0 aliphatic carbocycles. The lowest BCUT2D eigenvalue weighted by atomic mass is 9.91. The molecule has 110 valence electrons. The molecule has 4 rings (SSSR count). The highest BCUT2D eigenvalue weighted by atomic mass is 79.9. The zero-order chi connectivity index (χ0) is 14.4. The van der Waals surface area contributed by atoms with Crippen molar-refractivity contribution in [3.63, 3.8) is 0 Å². The summed E-state index contributed by atoms with van der Waals surface area (Å²) in [7, 11) is 0. The van der Waals surface area contributed by atoms with Crippen molar-refractivity contribution in [3.8, 4) is 22.8 Å². The second-order valence-electron chi connectivity index (χ2n) is 5.32. The Bertz CT molecular complexity index is 674. The Morgan fingerprint density at radius 1 is 1.05 bits per heavy atom. The highest BCUT2D eigenvalue weighted by molar-refractivity contribution is 9.10. The third-order valence-corrected chi connectivity index (χ3v) is 4.80. The number of nitrogens with two attached hydrogens (primary N) is 1. The van der Waals surface area contributed by atoms with Gasteiger partial charge >= 0.3 is 0 Å². The molecule has 2 aliphatic heterocycles. The molecule has 0 fully saturated rings. The number of fused-ring (bicyclic) bond motifs is 2. The van der Waals surface area contributed by atoms with Crippen LogP contribution in [0.5, 0.6) is 11.5 Å². The van der Waals surface area contributed by atoms with Crippen LogP contribution in [0.2, 0.25) is 0 Å². The van der Waals surface area contributed by atoms with Crippen LogP contribution < -0.4 is 15.2 Å². The van der Waals surface area contributed by atoms with Gasteiger partial charge in [0.2, 0.25) is 5.88 Å². The van der Waals surface area contributed by atoms with Crippen LogP contribution in [-0.2, 0) is 12.8 Å². The van der Waals surface area contributed by atoms with Gasteiger partial charge in [0.05, 0.1) is 23.2 Å². The zero-order valence-electron chi connectivity index (χ0n) is 11.4. The molecule has 1 aromatic heterocycles. The van der Waals surface area contributed by atoms with Gasteiger partial charge in [-0.25, -0.2) is 0 Å². The van der Waals surface area contributed by atoms with E-state index in [-0.39, 0.29) is 0 Å². The molecule has 3 heterocycles. The molecule has 2 aliphatic rings. The summed E-state index contributed by atoms with van der Waals surface area (Å²) in [6, 6.07) is 1.75. The van der Waals surface area contributed by atoms with Gasteiger partial charge in [-0.05, 0) is 41.6 Å². The topological polar surface area (TPSA) is 70.5 Å². The second kappa shape index (κ2) is 4.94. The lowest BCUT2D eigenvalue weighted by Crippen LogP contribution is -2.16. The van der Waals surface area contributed by atoms with Crippen LogP contribution in [0.1, 0.15) is 24.0 Å². The monoisotopic (exact) mass is 350 g/mol. The smallest absolute Gasteiger partial charge is 0.222 e. The van der Waals surface area contributed by atoms with Crippen LogP contribution in [0.15, 0.2) is 15.1 Å². The predicted molar refractivity (Wildman–Crippen MR) is 81.7 cm³/mol. The molecule has 0 atom stereocenters. The first-order valence-electron chi connectivity index (χ1n) is 7.11. The molecule has 0 radical (unpaired) electrons. The van der Waals surface area contributed by atoms with Gasteiger partial charge in [0.1, 0.15) is 17.2 Å². The quantitative estimate of drug-likeness (QED) is 0.853. The number of nitrogens with zero attached hydrogens (tertiary/aromatic N) is 1. The van der Waals surface area contributed by atoms with Crippen molar-refractivity contribution in [1.29, 1.82) is 0 Å². The number of hydrogen-bond donors (Lipinski definition) is 1. The summed E-state index contributed by atoms with van der Waals surface area (Å²) < 4.78 is 17.9. The fraction of sp³-hybridized carbons (Fsp3) is 0.400. The van der Waals surface area contributed by atoms with Crippen molar-refractivity contribution in [1.82, 2.24) is 5.16 Å². The van der Waals surface area contributed by atoms with E-state index in [1.807, 2.05) is 0 Å². The summed E-state index contributed by atoms with van der Waals surface area (Å²) in [5.74, 6) is 2.12. The Morgan fingerprint density at radius 2 is 1.76 bits per heavy atom. The number of rotatable bonds is 1. The van der Waals surface area contributed by atoms with E-state index in [0.717, 1.165) is 77.3 Å². The van der Waals surface area contributed by atoms with Gasteiger partial charge in [0.25, 0.3) is 0 Å². The van der Waals surface area contributed by atoms with Crippen LogP contribution in [0, 0.1) is 0 Å². The molecule has 5 nitrogen and oxygen atoms in total. The van der Waals surface area contributed by atoms with Gasteiger partial charge in [-0.2, -0.15) is 0 Å². The number of benzene rings is 1. The van der Waals surface area contributed by atoms with Gasteiger partial charge in [0, 0.05) is 17.2 Å². The van der Waals surface area contributed by atoms with Crippen LogP contribution >= 0.6 is 15.9 Å². The number of nitrogen functional groups attached to an aromatic ring is 1. The molecule has 1 aromatic carbocycles. The third-order valence-electron chi connectivity index (χ3n) is 3.96.